The molecule has 0 radical (unpaired) electrons. The number of carbonyl (C=O) groups excluding carboxylic acids is 1. The predicted octanol–water partition coefficient (Wildman–Crippen LogP) is 4.79. The number of thioether (sulfide) groups is 1. The van der Waals surface area contributed by atoms with Gasteiger partial charge in [0.15, 0.2) is 0 Å². The van der Waals surface area contributed by atoms with Crippen LogP contribution in [0.4, 0.5) is 0 Å². The van der Waals surface area contributed by atoms with E-state index < -0.39 is 0 Å². The molecule has 2 nitrogen and oxygen atoms in total. The molecule has 0 saturated carbocycles. The van der Waals surface area contributed by atoms with Crippen LogP contribution >= 0.6 is 23.4 Å². The zero-order valence-corrected chi connectivity index (χ0v) is 14.6. The molecule has 0 bridgehead atoms. The summed E-state index contributed by atoms with van der Waals surface area (Å²) in [5.41, 5.74) is 2.30. The van der Waals surface area contributed by atoms with Crippen molar-refractivity contribution in [1.82, 2.24) is 4.90 Å². The number of nitrogens with zero attached hydrogens (tertiary/aromatic N) is 1. The summed E-state index contributed by atoms with van der Waals surface area (Å²) in [6.45, 7) is 4.60. The molecule has 4 heteroatoms. The Morgan fingerprint density at radius 1 is 1.14 bits per heavy atom. The van der Waals surface area contributed by atoms with Crippen LogP contribution in [0.3, 0.4) is 0 Å². The fourth-order valence-corrected chi connectivity index (χ4v) is 3.23. The third-order valence-corrected chi connectivity index (χ3v) is 4.74. The number of rotatable bonds is 5. The first-order valence-corrected chi connectivity index (χ1v) is 8.44. The van der Waals surface area contributed by atoms with E-state index in [0.717, 1.165) is 10.5 Å². The first-order chi connectivity index (χ1) is 10.5. The van der Waals surface area contributed by atoms with E-state index in [9.17, 15) is 4.79 Å². The molecule has 0 spiro atoms. The molecule has 0 aromatic heterocycles. The van der Waals surface area contributed by atoms with E-state index in [1.165, 1.54) is 5.56 Å². The van der Waals surface area contributed by atoms with Crippen molar-refractivity contribution in [2.75, 3.05) is 7.05 Å². The second-order valence-electron chi connectivity index (χ2n) is 5.39. The lowest BCUT2D eigenvalue weighted by molar-refractivity contribution is -0.129. The molecule has 0 saturated heterocycles. The van der Waals surface area contributed by atoms with Gasteiger partial charge in [0, 0.05) is 23.5 Å². The molecule has 1 atom stereocenters. The van der Waals surface area contributed by atoms with Gasteiger partial charge in [0.2, 0.25) is 5.91 Å². The van der Waals surface area contributed by atoms with E-state index in [1.807, 2.05) is 38.2 Å². The quantitative estimate of drug-likeness (QED) is 0.733. The van der Waals surface area contributed by atoms with Crippen LogP contribution in [0.15, 0.2) is 53.4 Å². The van der Waals surface area contributed by atoms with Crippen molar-refractivity contribution in [3.05, 3.63) is 64.7 Å². The Bertz CT molecular complexity index is 569. The number of benzene rings is 2. The number of hydrogen-bond acceptors (Lipinski definition) is 2. The van der Waals surface area contributed by atoms with Crippen molar-refractivity contribution in [2.24, 2.45) is 0 Å². The van der Waals surface area contributed by atoms with Crippen molar-refractivity contribution in [3.8, 4) is 0 Å². The Labute approximate surface area is 141 Å². The van der Waals surface area contributed by atoms with Gasteiger partial charge in [0.25, 0.3) is 0 Å². The van der Waals surface area contributed by atoms with Gasteiger partial charge in [-0.05, 0) is 43.7 Å². The van der Waals surface area contributed by atoms with Gasteiger partial charge in [-0.2, -0.15) is 0 Å². The maximum absolute atomic E-state index is 12.5. The van der Waals surface area contributed by atoms with Gasteiger partial charge in [0.1, 0.15) is 0 Å². The summed E-state index contributed by atoms with van der Waals surface area (Å²) in [6, 6.07) is 15.8. The summed E-state index contributed by atoms with van der Waals surface area (Å²) in [4.78, 5) is 15.3. The Kier molecular flexibility index (Phi) is 5.92. The van der Waals surface area contributed by atoms with E-state index in [-0.39, 0.29) is 11.2 Å². The number of aryl methyl sites for hydroxylation is 1. The molecule has 0 aliphatic carbocycles. The fraction of sp³-hybridized carbons (Fsp3) is 0.278. The van der Waals surface area contributed by atoms with E-state index in [0.29, 0.717) is 11.6 Å². The number of halogens is 1. The van der Waals surface area contributed by atoms with Gasteiger partial charge in [-0.3, -0.25) is 4.79 Å². The Hall–Kier alpha value is -1.45. The van der Waals surface area contributed by atoms with E-state index in [1.54, 1.807) is 16.7 Å². The molecule has 1 amide bonds. The average molecular weight is 334 g/mol. The van der Waals surface area contributed by atoms with Crippen molar-refractivity contribution in [2.45, 2.75) is 30.5 Å². The maximum Gasteiger partial charge on any atom is 0.235 e. The zero-order chi connectivity index (χ0) is 16.1. The topological polar surface area (TPSA) is 20.3 Å². The lowest BCUT2D eigenvalue weighted by atomic mass is 10.2. The van der Waals surface area contributed by atoms with E-state index in [4.69, 9.17) is 11.6 Å². The van der Waals surface area contributed by atoms with Gasteiger partial charge in [-0.15, -0.1) is 11.8 Å². The normalized spacial score (nSPS) is 12.0. The maximum atomic E-state index is 12.5. The fourth-order valence-electron chi connectivity index (χ4n) is 2.12. The van der Waals surface area contributed by atoms with E-state index in [2.05, 4.69) is 31.2 Å². The molecule has 2 aromatic carbocycles. The molecule has 0 N–H and O–H groups in total. The third kappa shape index (κ3) is 4.79. The molecule has 2 rings (SSSR count). The van der Waals surface area contributed by atoms with E-state index >= 15 is 0 Å². The van der Waals surface area contributed by atoms with Crippen LogP contribution in [0.2, 0.25) is 5.02 Å². The van der Waals surface area contributed by atoms with Crippen LogP contribution in [0, 0.1) is 6.92 Å². The summed E-state index contributed by atoms with van der Waals surface area (Å²) in [7, 11) is 1.84. The molecule has 0 heterocycles. The predicted molar refractivity (Wildman–Crippen MR) is 94.4 cm³/mol. The second-order valence-corrected chi connectivity index (χ2v) is 7.24. The Morgan fingerprint density at radius 2 is 1.73 bits per heavy atom. The highest BCUT2D eigenvalue weighted by Gasteiger charge is 2.18. The monoisotopic (exact) mass is 333 g/mol. The molecule has 0 aliphatic rings. The van der Waals surface area contributed by atoms with Crippen LogP contribution in [0.25, 0.3) is 0 Å². The highest BCUT2D eigenvalue weighted by molar-refractivity contribution is 8.00. The second kappa shape index (κ2) is 7.70. The van der Waals surface area contributed by atoms with Gasteiger partial charge in [-0.1, -0.05) is 41.4 Å². The zero-order valence-electron chi connectivity index (χ0n) is 13.0. The summed E-state index contributed by atoms with van der Waals surface area (Å²) in [5.74, 6) is 0.125. The Morgan fingerprint density at radius 3 is 2.32 bits per heavy atom. The van der Waals surface area contributed by atoms with Gasteiger partial charge in [-0.25, -0.2) is 0 Å². The number of hydrogen-bond donors (Lipinski definition) is 0. The van der Waals surface area contributed by atoms with Gasteiger partial charge < -0.3 is 4.90 Å². The van der Waals surface area contributed by atoms with Crippen LogP contribution in [0.5, 0.6) is 0 Å². The van der Waals surface area contributed by atoms with Crippen LogP contribution in [-0.2, 0) is 11.3 Å². The summed E-state index contributed by atoms with van der Waals surface area (Å²) < 4.78 is 0. The van der Waals surface area contributed by atoms with Crippen LogP contribution in [-0.4, -0.2) is 23.1 Å². The largest absolute Gasteiger partial charge is 0.340 e. The molecule has 0 fully saturated rings. The van der Waals surface area contributed by atoms with Gasteiger partial charge >= 0.3 is 0 Å². The van der Waals surface area contributed by atoms with Crippen molar-refractivity contribution >= 4 is 29.3 Å². The van der Waals surface area contributed by atoms with Crippen molar-refractivity contribution < 1.29 is 4.79 Å². The van der Waals surface area contributed by atoms with Crippen LogP contribution in [0.1, 0.15) is 18.1 Å². The molecule has 0 unspecified atom stereocenters. The minimum atomic E-state index is -0.111. The molecule has 0 aliphatic heterocycles. The lowest BCUT2D eigenvalue weighted by Gasteiger charge is -2.21. The third-order valence-electron chi connectivity index (χ3n) is 3.39. The first kappa shape index (κ1) is 16.9. The number of carbonyl (C=O) groups is 1. The smallest absolute Gasteiger partial charge is 0.235 e. The molecule has 2 aromatic rings. The molecule has 22 heavy (non-hydrogen) atoms. The standard InChI is InChI=1S/C18H20ClNOS/c1-13-4-10-17(11-5-13)22-14(2)18(21)20(3)12-15-6-8-16(19)9-7-15/h4-11,14H,12H2,1-3H3/t14-/m0/s1. The summed E-state index contributed by atoms with van der Waals surface area (Å²) in [5, 5.41) is 0.598. The average Bonchev–Trinajstić information content (AvgIpc) is 2.51. The summed E-state index contributed by atoms with van der Waals surface area (Å²) >= 11 is 7.47. The van der Waals surface area contributed by atoms with Crippen LogP contribution < -0.4 is 0 Å². The van der Waals surface area contributed by atoms with Crippen molar-refractivity contribution in [3.63, 3.8) is 0 Å². The van der Waals surface area contributed by atoms with Gasteiger partial charge in [0.05, 0.1) is 5.25 Å². The minimum absolute atomic E-state index is 0.111. The summed E-state index contributed by atoms with van der Waals surface area (Å²) in [6.07, 6.45) is 0. The molecular formula is C18H20ClNOS. The first-order valence-electron chi connectivity index (χ1n) is 7.18. The highest BCUT2D eigenvalue weighted by atomic mass is 35.5. The molecule has 116 valence electrons. The lowest BCUT2D eigenvalue weighted by Crippen LogP contribution is -2.32. The highest BCUT2D eigenvalue weighted by Crippen LogP contribution is 2.25. The SMILES string of the molecule is Cc1ccc(S[C@@H](C)C(=O)N(C)Cc2ccc(Cl)cc2)cc1. The van der Waals surface area contributed by atoms with Crippen molar-refractivity contribution in [1.29, 1.82) is 0 Å². The minimum Gasteiger partial charge on any atom is -0.340 e. The molecular weight excluding hydrogens is 314 g/mol. The number of amides is 1. The Balaban J connectivity index is 1.94.